The summed E-state index contributed by atoms with van der Waals surface area (Å²) >= 11 is 0. The number of aromatic amines is 1. The second kappa shape index (κ2) is 7.65. The van der Waals surface area contributed by atoms with E-state index in [-0.39, 0.29) is 24.0 Å². The Morgan fingerprint density at radius 3 is 2.36 bits per heavy atom. The summed E-state index contributed by atoms with van der Waals surface area (Å²) in [4.78, 5) is 17.7. The van der Waals surface area contributed by atoms with Crippen molar-refractivity contribution in [2.75, 3.05) is 26.2 Å². The van der Waals surface area contributed by atoms with E-state index in [1.807, 2.05) is 30.3 Å². The van der Waals surface area contributed by atoms with Crippen molar-refractivity contribution >= 4 is 27.0 Å². The van der Waals surface area contributed by atoms with E-state index in [1.54, 1.807) is 35.2 Å². The monoisotopic (exact) mass is 398 g/mol. The first kappa shape index (κ1) is 18.5. The molecule has 4 rings (SSSR count). The van der Waals surface area contributed by atoms with Crippen molar-refractivity contribution in [3.8, 4) is 0 Å². The molecule has 0 unspecified atom stereocenters. The highest BCUT2D eigenvalue weighted by atomic mass is 32.2. The number of hydrogen-bond acceptors (Lipinski definition) is 3. The molecule has 2 aromatic carbocycles. The number of H-pyrrole nitrogens is 1. The van der Waals surface area contributed by atoms with E-state index in [9.17, 15) is 13.2 Å². The highest BCUT2D eigenvalue weighted by molar-refractivity contribution is 7.89. The maximum Gasteiger partial charge on any atom is 0.317 e. The van der Waals surface area contributed by atoms with E-state index in [1.165, 1.54) is 4.31 Å². The molecule has 1 aromatic heterocycles. The van der Waals surface area contributed by atoms with E-state index in [4.69, 9.17) is 0 Å². The van der Waals surface area contributed by atoms with Crippen molar-refractivity contribution in [3.05, 3.63) is 66.4 Å². The predicted molar refractivity (Wildman–Crippen MR) is 107 cm³/mol. The average molecular weight is 398 g/mol. The van der Waals surface area contributed by atoms with Gasteiger partial charge in [0.05, 0.1) is 11.4 Å². The third-order valence-corrected chi connectivity index (χ3v) is 6.84. The van der Waals surface area contributed by atoms with Gasteiger partial charge in [0.15, 0.2) is 0 Å². The van der Waals surface area contributed by atoms with Gasteiger partial charge in [-0.2, -0.15) is 4.31 Å². The number of nitrogens with one attached hydrogen (secondary N) is 2. The largest absolute Gasteiger partial charge is 0.357 e. The molecule has 8 heteroatoms. The van der Waals surface area contributed by atoms with Gasteiger partial charge in [0, 0.05) is 37.4 Å². The lowest BCUT2D eigenvalue weighted by Crippen LogP contribution is -2.52. The lowest BCUT2D eigenvalue weighted by atomic mass is 10.2. The summed E-state index contributed by atoms with van der Waals surface area (Å²) in [5, 5.41) is 4.01. The number of para-hydroxylation sites is 1. The molecular formula is C20H22N4O3S. The van der Waals surface area contributed by atoms with Gasteiger partial charge >= 0.3 is 6.03 Å². The van der Waals surface area contributed by atoms with Crippen molar-refractivity contribution in [2.45, 2.75) is 11.4 Å². The number of rotatable bonds is 4. The number of carbonyl (C=O) groups excluding carboxylic acids is 1. The van der Waals surface area contributed by atoms with Crippen LogP contribution < -0.4 is 5.32 Å². The summed E-state index contributed by atoms with van der Waals surface area (Å²) in [6.45, 7) is 1.71. The smallest absolute Gasteiger partial charge is 0.317 e. The molecule has 0 bridgehead atoms. The Balaban J connectivity index is 1.32. The Bertz CT molecular complexity index is 1040. The summed E-state index contributed by atoms with van der Waals surface area (Å²) < 4.78 is 26.8. The number of benzene rings is 2. The Labute approximate surface area is 164 Å². The molecule has 1 aliphatic heterocycles. The minimum Gasteiger partial charge on any atom is -0.357 e. The van der Waals surface area contributed by atoms with Crippen LogP contribution in [0.15, 0.2) is 65.6 Å². The molecule has 28 heavy (non-hydrogen) atoms. The molecule has 0 aliphatic carbocycles. The van der Waals surface area contributed by atoms with Gasteiger partial charge in [-0.15, -0.1) is 0 Å². The van der Waals surface area contributed by atoms with Gasteiger partial charge < -0.3 is 15.2 Å². The number of piperazine rings is 1. The summed E-state index contributed by atoms with van der Waals surface area (Å²) in [5.74, 6) is 0. The molecule has 0 saturated carbocycles. The van der Waals surface area contributed by atoms with Crippen molar-refractivity contribution < 1.29 is 13.2 Å². The molecule has 0 spiro atoms. The van der Waals surface area contributed by atoms with Crippen LogP contribution in [0.5, 0.6) is 0 Å². The quantitative estimate of drug-likeness (QED) is 0.708. The number of aromatic nitrogens is 1. The molecule has 1 fully saturated rings. The van der Waals surface area contributed by atoms with Gasteiger partial charge in [-0.05, 0) is 29.7 Å². The highest BCUT2D eigenvalue weighted by Crippen LogP contribution is 2.17. The van der Waals surface area contributed by atoms with Crippen molar-refractivity contribution in [1.29, 1.82) is 0 Å². The number of carbonyl (C=O) groups is 1. The summed E-state index contributed by atoms with van der Waals surface area (Å²) in [5.41, 5.74) is 1.96. The van der Waals surface area contributed by atoms with Crippen LogP contribution in [-0.2, 0) is 16.6 Å². The van der Waals surface area contributed by atoms with Gasteiger partial charge in [-0.1, -0.05) is 36.4 Å². The van der Waals surface area contributed by atoms with Crippen molar-refractivity contribution in [1.82, 2.24) is 19.5 Å². The number of sulfonamides is 1. The molecular weight excluding hydrogens is 376 g/mol. The Morgan fingerprint density at radius 1 is 0.964 bits per heavy atom. The fourth-order valence-electron chi connectivity index (χ4n) is 3.38. The third-order valence-electron chi connectivity index (χ3n) is 4.92. The number of hydrogen-bond donors (Lipinski definition) is 2. The van der Waals surface area contributed by atoms with Crippen LogP contribution in [0.1, 0.15) is 5.69 Å². The molecule has 7 nitrogen and oxygen atoms in total. The van der Waals surface area contributed by atoms with Crippen LogP contribution in [-0.4, -0.2) is 54.8 Å². The molecule has 1 saturated heterocycles. The van der Waals surface area contributed by atoms with Crippen LogP contribution >= 0.6 is 0 Å². The van der Waals surface area contributed by atoms with E-state index >= 15 is 0 Å². The zero-order chi connectivity index (χ0) is 19.6. The van der Waals surface area contributed by atoms with Crippen LogP contribution in [0.4, 0.5) is 4.79 Å². The average Bonchev–Trinajstić information content (AvgIpc) is 3.16. The second-order valence-electron chi connectivity index (χ2n) is 6.74. The maximum atomic E-state index is 12.7. The normalized spacial score (nSPS) is 15.6. The lowest BCUT2D eigenvalue weighted by molar-refractivity contribution is 0.172. The summed E-state index contributed by atoms with van der Waals surface area (Å²) in [6, 6.07) is 18.2. The van der Waals surface area contributed by atoms with Crippen molar-refractivity contribution in [2.24, 2.45) is 0 Å². The SMILES string of the molecule is O=C(NCc1cc2ccccc2[nH]1)N1CCN(S(=O)(=O)c2ccccc2)CC1. The summed E-state index contributed by atoms with van der Waals surface area (Å²) in [7, 11) is -3.51. The van der Waals surface area contributed by atoms with E-state index in [2.05, 4.69) is 10.3 Å². The topological polar surface area (TPSA) is 85.5 Å². The predicted octanol–water partition coefficient (Wildman–Crippen LogP) is 2.38. The Kier molecular flexibility index (Phi) is 5.06. The number of amides is 2. The van der Waals surface area contributed by atoms with Gasteiger partial charge in [-0.3, -0.25) is 0 Å². The van der Waals surface area contributed by atoms with Crippen LogP contribution in [0.3, 0.4) is 0 Å². The molecule has 0 radical (unpaired) electrons. The highest BCUT2D eigenvalue weighted by Gasteiger charge is 2.29. The first-order valence-corrected chi connectivity index (χ1v) is 10.6. The molecule has 2 amide bonds. The van der Waals surface area contributed by atoms with Crippen LogP contribution in [0.2, 0.25) is 0 Å². The molecule has 2 heterocycles. The fourth-order valence-corrected chi connectivity index (χ4v) is 4.83. The van der Waals surface area contributed by atoms with Gasteiger partial charge in [0.25, 0.3) is 0 Å². The first-order chi connectivity index (χ1) is 13.5. The third kappa shape index (κ3) is 3.74. The van der Waals surface area contributed by atoms with Crippen LogP contribution in [0, 0.1) is 0 Å². The summed E-state index contributed by atoms with van der Waals surface area (Å²) in [6.07, 6.45) is 0. The number of urea groups is 1. The minimum absolute atomic E-state index is 0.185. The van der Waals surface area contributed by atoms with Crippen molar-refractivity contribution in [3.63, 3.8) is 0 Å². The zero-order valence-corrected chi connectivity index (χ0v) is 16.2. The van der Waals surface area contributed by atoms with Gasteiger partial charge in [0.2, 0.25) is 10.0 Å². The minimum atomic E-state index is -3.51. The lowest BCUT2D eigenvalue weighted by Gasteiger charge is -2.33. The molecule has 146 valence electrons. The van der Waals surface area contributed by atoms with E-state index in [0.29, 0.717) is 19.6 Å². The number of nitrogens with zero attached hydrogens (tertiary/aromatic N) is 2. The first-order valence-electron chi connectivity index (χ1n) is 9.19. The Hall–Kier alpha value is -2.84. The molecule has 1 aliphatic rings. The van der Waals surface area contributed by atoms with Gasteiger partial charge in [-0.25, -0.2) is 13.2 Å². The maximum absolute atomic E-state index is 12.7. The fraction of sp³-hybridized carbons (Fsp3) is 0.250. The standard InChI is InChI=1S/C20H22N4O3S/c25-20(21-15-17-14-16-6-4-5-9-19(16)22-17)23-10-12-24(13-11-23)28(26,27)18-7-2-1-3-8-18/h1-9,14,22H,10-13,15H2,(H,21,25). The zero-order valence-electron chi connectivity index (χ0n) is 15.3. The molecule has 3 aromatic rings. The van der Waals surface area contributed by atoms with Crippen LogP contribution in [0.25, 0.3) is 10.9 Å². The Morgan fingerprint density at radius 2 is 1.64 bits per heavy atom. The number of fused-ring (bicyclic) bond motifs is 1. The molecule has 0 atom stereocenters. The van der Waals surface area contributed by atoms with E-state index < -0.39 is 10.0 Å². The van der Waals surface area contributed by atoms with Gasteiger partial charge in [0.1, 0.15) is 0 Å². The second-order valence-corrected chi connectivity index (χ2v) is 8.68. The van der Waals surface area contributed by atoms with E-state index in [0.717, 1.165) is 16.6 Å². The molecule has 2 N–H and O–H groups in total.